The molecule has 3 nitrogen and oxygen atoms in total. The van der Waals surface area contributed by atoms with Crippen molar-refractivity contribution in [3.05, 3.63) is 12.2 Å². The number of esters is 1. The van der Waals surface area contributed by atoms with E-state index in [1.54, 1.807) is 0 Å². The summed E-state index contributed by atoms with van der Waals surface area (Å²) in [4.78, 5) is 13.1. The molecule has 3 fully saturated rings. The fourth-order valence-electron chi connectivity index (χ4n) is 7.33. The molecule has 1 unspecified atom stereocenters. The molecule has 0 saturated heterocycles. The monoisotopic (exact) mass is 390 g/mol. The maximum absolute atomic E-state index is 13.1. The Morgan fingerprint density at radius 1 is 1.04 bits per heavy atom. The third kappa shape index (κ3) is 3.36. The molecule has 0 aromatic heterocycles. The normalized spacial score (nSPS) is 45.8. The molecule has 0 radical (unpaired) electrons. The van der Waals surface area contributed by atoms with E-state index in [4.69, 9.17) is 4.74 Å². The highest BCUT2D eigenvalue weighted by Gasteiger charge is 2.62. The SMILES string of the molecule is C/C=C/COC(=O)C1(O)CC[C@@H](C)[C@H]2C[C@@H]3CC[C@@H](C)[C@H](CC[C@@]21C)C3(C)C. The van der Waals surface area contributed by atoms with E-state index in [-0.39, 0.29) is 6.61 Å². The number of allylic oxidation sites excluding steroid dienone is 1. The Bertz CT molecular complexity index is 609. The number of carbonyl (C=O) groups excluding carboxylic acids is 1. The van der Waals surface area contributed by atoms with Crippen molar-refractivity contribution in [3.63, 3.8) is 0 Å². The van der Waals surface area contributed by atoms with E-state index in [1.807, 2.05) is 19.1 Å². The van der Waals surface area contributed by atoms with Crippen molar-refractivity contribution >= 4 is 5.97 Å². The lowest BCUT2D eigenvalue weighted by atomic mass is 9.45. The molecule has 0 spiro atoms. The standard InChI is InChI=1S/C25H42O3/c1-7-8-15-28-22(26)25(27)14-11-18(3)21-16-19-10-9-17(2)20(23(19,4)5)12-13-24(21,25)6/h7-8,17-21,27H,9-16H2,1-6H3/b8-7+/t17-,18-,19+,20+,21-,24+,25?/m1/s1. The van der Waals surface area contributed by atoms with Crippen LogP contribution >= 0.6 is 0 Å². The van der Waals surface area contributed by atoms with Crippen LogP contribution in [0.25, 0.3) is 0 Å². The molecule has 2 bridgehead atoms. The third-order valence-corrected chi connectivity index (χ3v) is 9.47. The fraction of sp³-hybridized carbons (Fsp3) is 0.880. The van der Waals surface area contributed by atoms with E-state index in [0.29, 0.717) is 35.5 Å². The molecule has 0 amide bonds. The molecule has 0 heterocycles. The Balaban J connectivity index is 1.95. The number of hydrogen-bond donors (Lipinski definition) is 1. The number of hydrogen-bond acceptors (Lipinski definition) is 3. The minimum Gasteiger partial charge on any atom is -0.459 e. The van der Waals surface area contributed by atoms with Crippen molar-refractivity contribution in [1.82, 2.24) is 0 Å². The van der Waals surface area contributed by atoms with Gasteiger partial charge in [-0.25, -0.2) is 4.79 Å². The summed E-state index contributed by atoms with van der Waals surface area (Å²) in [6.45, 7) is 14.1. The van der Waals surface area contributed by atoms with Crippen molar-refractivity contribution in [1.29, 1.82) is 0 Å². The van der Waals surface area contributed by atoms with Gasteiger partial charge < -0.3 is 9.84 Å². The van der Waals surface area contributed by atoms with Gasteiger partial charge in [-0.05, 0) is 80.5 Å². The molecule has 0 aromatic carbocycles. The van der Waals surface area contributed by atoms with Gasteiger partial charge in [0.25, 0.3) is 0 Å². The van der Waals surface area contributed by atoms with Crippen LogP contribution in [0.15, 0.2) is 12.2 Å². The molecular weight excluding hydrogens is 348 g/mol. The van der Waals surface area contributed by atoms with E-state index in [0.717, 1.165) is 31.6 Å². The zero-order chi connectivity index (χ0) is 20.7. The number of fused-ring (bicyclic) bond motifs is 3. The van der Waals surface area contributed by atoms with E-state index in [1.165, 1.54) is 12.8 Å². The van der Waals surface area contributed by atoms with Crippen molar-refractivity contribution in [2.45, 2.75) is 92.1 Å². The van der Waals surface area contributed by atoms with Gasteiger partial charge >= 0.3 is 5.97 Å². The maximum Gasteiger partial charge on any atom is 0.339 e. The molecule has 3 aliphatic rings. The highest BCUT2D eigenvalue weighted by Crippen LogP contribution is 2.62. The Hall–Kier alpha value is -0.830. The van der Waals surface area contributed by atoms with Gasteiger partial charge in [0.05, 0.1) is 0 Å². The van der Waals surface area contributed by atoms with E-state index in [9.17, 15) is 9.90 Å². The predicted molar refractivity (Wildman–Crippen MR) is 114 cm³/mol. The Morgan fingerprint density at radius 3 is 2.39 bits per heavy atom. The van der Waals surface area contributed by atoms with Crippen LogP contribution in [-0.4, -0.2) is 23.3 Å². The van der Waals surface area contributed by atoms with Gasteiger partial charge in [-0.2, -0.15) is 0 Å². The van der Waals surface area contributed by atoms with Gasteiger partial charge in [0, 0.05) is 5.41 Å². The average molecular weight is 391 g/mol. The van der Waals surface area contributed by atoms with Crippen LogP contribution in [0.3, 0.4) is 0 Å². The van der Waals surface area contributed by atoms with Crippen molar-refractivity contribution in [2.75, 3.05) is 6.61 Å². The molecule has 3 heteroatoms. The summed E-state index contributed by atoms with van der Waals surface area (Å²) in [5, 5.41) is 11.8. The lowest BCUT2D eigenvalue weighted by Gasteiger charge is -2.60. The Kier molecular flexibility index (Phi) is 6.07. The molecule has 7 atom stereocenters. The van der Waals surface area contributed by atoms with Crippen LogP contribution in [0, 0.1) is 40.4 Å². The lowest BCUT2D eigenvalue weighted by molar-refractivity contribution is -0.210. The van der Waals surface area contributed by atoms with Gasteiger partial charge in [-0.3, -0.25) is 0 Å². The molecule has 160 valence electrons. The quantitative estimate of drug-likeness (QED) is 0.492. The summed E-state index contributed by atoms with van der Waals surface area (Å²) in [6, 6.07) is 0. The van der Waals surface area contributed by atoms with Crippen molar-refractivity contribution in [3.8, 4) is 0 Å². The van der Waals surface area contributed by atoms with Crippen LogP contribution in [0.1, 0.15) is 86.5 Å². The molecule has 3 aliphatic carbocycles. The smallest absolute Gasteiger partial charge is 0.339 e. The van der Waals surface area contributed by atoms with Crippen LogP contribution in [0.2, 0.25) is 0 Å². The van der Waals surface area contributed by atoms with Crippen LogP contribution in [0.5, 0.6) is 0 Å². The molecular formula is C25H42O3. The first kappa shape index (κ1) is 21.9. The van der Waals surface area contributed by atoms with Gasteiger partial charge in [0.1, 0.15) is 6.61 Å². The van der Waals surface area contributed by atoms with Crippen LogP contribution in [-0.2, 0) is 9.53 Å². The number of ether oxygens (including phenoxy) is 1. The predicted octanol–water partition coefficient (Wildman–Crippen LogP) is 5.76. The second-order valence-electron chi connectivity index (χ2n) is 11.0. The second kappa shape index (κ2) is 7.78. The second-order valence-corrected chi connectivity index (χ2v) is 11.0. The summed E-state index contributed by atoms with van der Waals surface area (Å²) in [7, 11) is 0. The Labute approximate surface area is 172 Å². The maximum atomic E-state index is 13.1. The average Bonchev–Trinajstić information content (AvgIpc) is 2.63. The van der Waals surface area contributed by atoms with Gasteiger partial charge in [0.15, 0.2) is 5.60 Å². The van der Waals surface area contributed by atoms with Crippen molar-refractivity contribution < 1.29 is 14.6 Å². The molecule has 3 saturated carbocycles. The summed E-state index contributed by atoms with van der Waals surface area (Å²) >= 11 is 0. The minimum atomic E-state index is -1.36. The summed E-state index contributed by atoms with van der Waals surface area (Å²) in [5.41, 5.74) is -1.41. The molecule has 28 heavy (non-hydrogen) atoms. The van der Waals surface area contributed by atoms with Crippen LogP contribution in [0.4, 0.5) is 0 Å². The van der Waals surface area contributed by atoms with Gasteiger partial charge in [-0.15, -0.1) is 0 Å². The molecule has 0 aliphatic heterocycles. The zero-order valence-electron chi connectivity index (χ0n) is 19.0. The topological polar surface area (TPSA) is 46.5 Å². The summed E-state index contributed by atoms with van der Waals surface area (Å²) < 4.78 is 5.53. The first-order valence-electron chi connectivity index (χ1n) is 11.6. The van der Waals surface area contributed by atoms with E-state index in [2.05, 4.69) is 34.6 Å². The van der Waals surface area contributed by atoms with Crippen LogP contribution < -0.4 is 0 Å². The fourth-order valence-corrected chi connectivity index (χ4v) is 7.33. The summed E-state index contributed by atoms with van der Waals surface area (Å²) in [5.74, 6) is 2.59. The number of aliphatic hydroxyl groups is 1. The summed E-state index contributed by atoms with van der Waals surface area (Å²) in [6.07, 6.45) is 10.9. The lowest BCUT2D eigenvalue weighted by Crippen LogP contribution is -2.62. The Morgan fingerprint density at radius 2 is 1.71 bits per heavy atom. The van der Waals surface area contributed by atoms with E-state index < -0.39 is 17.0 Å². The third-order valence-electron chi connectivity index (χ3n) is 9.47. The molecule has 3 rings (SSSR count). The first-order valence-corrected chi connectivity index (χ1v) is 11.6. The van der Waals surface area contributed by atoms with Gasteiger partial charge in [-0.1, -0.05) is 53.2 Å². The highest BCUT2D eigenvalue weighted by atomic mass is 16.5. The van der Waals surface area contributed by atoms with Crippen molar-refractivity contribution in [2.24, 2.45) is 40.4 Å². The zero-order valence-corrected chi connectivity index (χ0v) is 19.0. The largest absolute Gasteiger partial charge is 0.459 e. The number of rotatable bonds is 3. The highest BCUT2D eigenvalue weighted by molar-refractivity contribution is 5.81. The first-order chi connectivity index (χ1) is 13.1. The molecule has 0 aromatic rings. The minimum absolute atomic E-state index is 0.253. The van der Waals surface area contributed by atoms with E-state index >= 15 is 0 Å². The number of carbonyl (C=O) groups is 1. The molecule has 1 N–H and O–H groups in total. The van der Waals surface area contributed by atoms with Gasteiger partial charge in [0.2, 0.25) is 0 Å².